The van der Waals surface area contributed by atoms with Gasteiger partial charge in [0, 0.05) is 12.8 Å². The molecule has 0 fully saturated rings. The van der Waals surface area contributed by atoms with E-state index >= 15 is 0 Å². The molecule has 1 N–H and O–H groups in total. The number of aliphatic hydroxyl groups is 1. The van der Waals surface area contributed by atoms with Crippen LogP contribution in [0.25, 0.3) is 0 Å². The number of esters is 2. The smallest absolute Gasteiger partial charge is 0.306 e. The Labute approximate surface area is 386 Å². The van der Waals surface area contributed by atoms with Gasteiger partial charge in [0.05, 0.1) is 33.9 Å². The summed E-state index contributed by atoms with van der Waals surface area (Å²) in [6, 6.07) is 0. The molecule has 0 aliphatic heterocycles. The van der Waals surface area contributed by atoms with Gasteiger partial charge in [0.2, 0.25) is 0 Å². The largest absolute Gasteiger partial charge is 0.756 e. The highest BCUT2D eigenvalue weighted by molar-refractivity contribution is 7.45. The fourth-order valence-corrected chi connectivity index (χ4v) is 7.45. The van der Waals surface area contributed by atoms with Crippen molar-refractivity contribution < 1.29 is 47.2 Å². The lowest BCUT2D eigenvalue weighted by Gasteiger charge is -2.28. The number of unbranched alkanes of at least 4 members (excludes halogenated alkanes) is 21. The maximum absolute atomic E-state index is 12.7. The van der Waals surface area contributed by atoms with E-state index in [0.29, 0.717) is 43.1 Å². The van der Waals surface area contributed by atoms with E-state index in [2.05, 4.69) is 32.1 Å². The Morgan fingerprint density at radius 3 is 1.67 bits per heavy atom. The summed E-state index contributed by atoms with van der Waals surface area (Å²) in [5.41, 5.74) is 0. The van der Waals surface area contributed by atoms with Crippen molar-refractivity contribution in [3.8, 4) is 0 Å². The second kappa shape index (κ2) is 43.6. The van der Waals surface area contributed by atoms with E-state index in [1.54, 1.807) is 6.08 Å². The molecule has 0 aliphatic carbocycles. The van der Waals surface area contributed by atoms with E-state index in [1.165, 1.54) is 116 Å². The molecule has 10 nitrogen and oxygen atoms in total. The lowest BCUT2D eigenvalue weighted by molar-refractivity contribution is -0.870. The number of nitrogens with zero attached hydrogens (tertiary/aromatic N) is 1. The lowest BCUT2D eigenvalue weighted by atomic mass is 10.0. The number of ether oxygens (including phenoxy) is 2. The maximum atomic E-state index is 12.7. The molecular formula is C52H94NO9P. The normalized spacial score (nSPS) is 14.5. The van der Waals surface area contributed by atoms with Crippen LogP contribution in [0.4, 0.5) is 0 Å². The quantitative estimate of drug-likeness (QED) is 0.0158. The third-order valence-electron chi connectivity index (χ3n) is 10.6. The lowest BCUT2D eigenvalue weighted by Crippen LogP contribution is -2.37. The summed E-state index contributed by atoms with van der Waals surface area (Å²) in [6.45, 7) is 3.97. The molecule has 0 bridgehead atoms. The molecule has 0 aromatic rings. The second-order valence-corrected chi connectivity index (χ2v) is 19.4. The van der Waals surface area contributed by atoms with Gasteiger partial charge in [-0.3, -0.25) is 14.2 Å². The van der Waals surface area contributed by atoms with Crippen molar-refractivity contribution in [1.82, 2.24) is 0 Å². The van der Waals surface area contributed by atoms with Crippen molar-refractivity contribution in [2.75, 3.05) is 47.5 Å². The van der Waals surface area contributed by atoms with Crippen LogP contribution in [0.1, 0.15) is 200 Å². The van der Waals surface area contributed by atoms with E-state index in [1.807, 2.05) is 57.6 Å². The number of rotatable bonds is 45. The van der Waals surface area contributed by atoms with Crippen LogP contribution in [-0.2, 0) is 32.7 Å². The number of likely N-dealkylation sites (N-methyl/N-ethyl adjacent to an activating group) is 1. The molecule has 0 aromatic carbocycles. The number of carbonyl (C=O) groups excluding carboxylic acids is 2. The molecule has 0 amide bonds. The molecule has 0 saturated carbocycles. The summed E-state index contributed by atoms with van der Waals surface area (Å²) < 4.78 is 33.9. The molecule has 0 rings (SSSR count). The molecule has 0 radical (unpaired) electrons. The Morgan fingerprint density at radius 1 is 0.603 bits per heavy atom. The average Bonchev–Trinajstić information content (AvgIpc) is 3.23. The van der Waals surface area contributed by atoms with Gasteiger partial charge in [0.15, 0.2) is 6.10 Å². The first-order chi connectivity index (χ1) is 30.4. The third kappa shape index (κ3) is 47.5. The minimum atomic E-state index is -4.66. The van der Waals surface area contributed by atoms with Gasteiger partial charge < -0.3 is 33.0 Å². The van der Waals surface area contributed by atoms with Gasteiger partial charge >= 0.3 is 11.9 Å². The SMILES string of the molecule is CC/C=C\C/C=C\CC(O)/C=C/C=C\C/C=C\CCCC(=O)O[C@H](COC(=O)CCCCCCCCCCCCCCCCCCCCCCC)COP(=O)([O-])OCC[N+](C)(C)C. The van der Waals surface area contributed by atoms with Gasteiger partial charge in [0.25, 0.3) is 7.82 Å². The summed E-state index contributed by atoms with van der Waals surface area (Å²) in [5.74, 6) is -0.938. The summed E-state index contributed by atoms with van der Waals surface area (Å²) in [6.07, 6.45) is 50.1. The molecule has 63 heavy (non-hydrogen) atoms. The standard InChI is InChI=1S/C52H94NO9P/c1-6-8-10-12-14-15-16-17-18-19-20-21-22-23-24-25-26-27-31-35-39-43-51(55)59-47-50(48-61-63(57,58)60-46-45-53(3,4)5)62-52(56)44-40-36-32-29-28-30-34-38-42-49(54)41-37-33-13-11-9-7-2/h9,11,29-30,32-34,37-38,42,49-50,54H,6-8,10,12-28,31,35-36,39-41,43-48H2,1-5H3/b11-9-,32-29-,34-30-,37-33-,42-38+/t49?,50-/m1/s1. The van der Waals surface area contributed by atoms with Crippen LogP contribution in [0.5, 0.6) is 0 Å². The first-order valence-corrected chi connectivity index (χ1v) is 26.6. The monoisotopic (exact) mass is 908 g/mol. The number of allylic oxidation sites excluding steroid dienone is 8. The van der Waals surface area contributed by atoms with Crippen LogP contribution in [0.15, 0.2) is 60.8 Å². The summed E-state index contributed by atoms with van der Waals surface area (Å²) in [4.78, 5) is 37.7. The minimum Gasteiger partial charge on any atom is -0.756 e. The van der Waals surface area contributed by atoms with E-state index in [0.717, 1.165) is 25.7 Å². The molecule has 11 heteroatoms. The van der Waals surface area contributed by atoms with Crippen LogP contribution in [0.2, 0.25) is 0 Å². The Balaban J connectivity index is 4.37. The minimum absolute atomic E-state index is 0.0538. The summed E-state index contributed by atoms with van der Waals surface area (Å²) >= 11 is 0. The highest BCUT2D eigenvalue weighted by atomic mass is 31.2. The molecule has 0 spiro atoms. The van der Waals surface area contributed by atoms with Crippen molar-refractivity contribution >= 4 is 19.8 Å². The fourth-order valence-electron chi connectivity index (χ4n) is 6.72. The van der Waals surface area contributed by atoms with Crippen molar-refractivity contribution in [3.63, 3.8) is 0 Å². The van der Waals surface area contributed by atoms with Crippen molar-refractivity contribution in [2.45, 2.75) is 212 Å². The van der Waals surface area contributed by atoms with E-state index in [-0.39, 0.29) is 26.1 Å². The fraction of sp³-hybridized carbons (Fsp3) is 0.769. The van der Waals surface area contributed by atoms with Crippen molar-refractivity contribution in [1.29, 1.82) is 0 Å². The topological polar surface area (TPSA) is 131 Å². The molecular weight excluding hydrogens is 814 g/mol. The van der Waals surface area contributed by atoms with E-state index in [9.17, 15) is 24.2 Å². The van der Waals surface area contributed by atoms with Gasteiger partial charge in [0.1, 0.15) is 19.8 Å². The molecule has 0 aromatic heterocycles. The second-order valence-electron chi connectivity index (χ2n) is 18.0. The predicted octanol–water partition coefficient (Wildman–Crippen LogP) is 13.1. The molecule has 0 saturated heterocycles. The molecule has 0 aliphatic rings. The molecule has 3 atom stereocenters. The number of phosphoric acid groups is 1. The zero-order valence-electron chi connectivity index (χ0n) is 40.9. The predicted molar refractivity (Wildman–Crippen MR) is 260 cm³/mol. The van der Waals surface area contributed by atoms with Gasteiger partial charge in [-0.15, -0.1) is 0 Å². The van der Waals surface area contributed by atoms with Gasteiger partial charge in [-0.2, -0.15) is 0 Å². The molecule has 2 unspecified atom stereocenters. The zero-order valence-corrected chi connectivity index (χ0v) is 41.8. The van der Waals surface area contributed by atoms with E-state index in [4.69, 9.17) is 18.5 Å². The van der Waals surface area contributed by atoms with Crippen molar-refractivity contribution in [3.05, 3.63) is 60.8 Å². The Kier molecular flexibility index (Phi) is 41.9. The van der Waals surface area contributed by atoms with Gasteiger partial charge in [-0.05, 0) is 44.9 Å². The Morgan fingerprint density at radius 2 is 1.11 bits per heavy atom. The van der Waals surface area contributed by atoms with Crippen LogP contribution < -0.4 is 4.89 Å². The maximum Gasteiger partial charge on any atom is 0.306 e. The molecule has 366 valence electrons. The number of hydrogen-bond acceptors (Lipinski definition) is 9. The van der Waals surface area contributed by atoms with Crippen LogP contribution in [0, 0.1) is 0 Å². The first-order valence-electron chi connectivity index (χ1n) is 25.1. The average molecular weight is 908 g/mol. The summed E-state index contributed by atoms with van der Waals surface area (Å²) in [7, 11) is 1.09. The number of aliphatic hydroxyl groups excluding tert-OH is 1. The third-order valence-corrected chi connectivity index (χ3v) is 11.6. The Hall–Kier alpha value is -2.33. The van der Waals surface area contributed by atoms with Crippen LogP contribution in [-0.4, -0.2) is 81.2 Å². The zero-order chi connectivity index (χ0) is 46.5. The molecule has 0 heterocycles. The number of quaternary nitrogens is 1. The van der Waals surface area contributed by atoms with Gasteiger partial charge in [-0.1, -0.05) is 203 Å². The Bertz CT molecular complexity index is 1270. The van der Waals surface area contributed by atoms with Crippen LogP contribution >= 0.6 is 7.82 Å². The van der Waals surface area contributed by atoms with Crippen LogP contribution in [0.3, 0.4) is 0 Å². The number of hydrogen-bond donors (Lipinski definition) is 1. The van der Waals surface area contributed by atoms with Gasteiger partial charge in [-0.25, -0.2) is 0 Å². The highest BCUT2D eigenvalue weighted by Gasteiger charge is 2.21. The number of phosphoric ester groups is 1. The highest BCUT2D eigenvalue weighted by Crippen LogP contribution is 2.38. The number of carbonyl (C=O) groups is 2. The van der Waals surface area contributed by atoms with Crippen molar-refractivity contribution in [2.24, 2.45) is 0 Å². The first kappa shape index (κ1) is 60.7. The summed E-state index contributed by atoms with van der Waals surface area (Å²) in [5, 5.41) is 10.0. The van der Waals surface area contributed by atoms with E-state index < -0.39 is 38.6 Å².